The number of anilines is 1. The molecule has 2 aliphatic heterocycles. The van der Waals surface area contributed by atoms with Crippen molar-refractivity contribution in [3.63, 3.8) is 0 Å². The molecule has 278 valence electrons. The molecule has 7 rings (SSSR count). The highest BCUT2D eigenvalue weighted by Crippen LogP contribution is 2.47. The molecule has 2 bridgehead atoms. The second-order valence-corrected chi connectivity index (χ2v) is 17.3. The lowest BCUT2D eigenvalue weighted by atomic mass is 9.68. The number of ether oxygens (including phenoxy) is 3. The molecule has 1 spiro atoms. The molecule has 2 aliphatic carbocycles. The van der Waals surface area contributed by atoms with E-state index >= 15 is 0 Å². The molecule has 11 nitrogen and oxygen atoms in total. The Morgan fingerprint density at radius 1 is 1.21 bits per heavy atom. The molecule has 6 atom stereocenters. The molecule has 1 saturated carbocycles. The molecule has 1 fully saturated rings. The van der Waals surface area contributed by atoms with E-state index < -0.39 is 21.7 Å². The maximum Gasteiger partial charge on any atom is 0.286 e. The zero-order valence-corrected chi connectivity index (χ0v) is 31.9. The highest BCUT2D eigenvalue weighted by molar-refractivity contribution is 7.92. The molecular weight excluding hydrogens is 702 g/mol. The van der Waals surface area contributed by atoms with Crippen LogP contribution in [0.5, 0.6) is 11.6 Å². The molecule has 0 saturated heterocycles. The number of nitrogens with one attached hydrogen (secondary N) is 1. The number of benzene rings is 2. The van der Waals surface area contributed by atoms with Crippen LogP contribution in [0.2, 0.25) is 5.02 Å². The van der Waals surface area contributed by atoms with Crippen LogP contribution in [0.1, 0.15) is 77.8 Å². The van der Waals surface area contributed by atoms with Gasteiger partial charge in [-0.1, -0.05) is 36.7 Å². The van der Waals surface area contributed by atoms with E-state index in [4.69, 9.17) is 25.8 Å². The van der Waals surface area contributed by atoms with Crippen LogP contribution in [0.4, 0.5) is 5.69 Å². The summed E-state index contributed by atoms with van der Waals surface area (Å²) < 4.78 is 41.2. The second kappa shape index (κ2) is 14.9. The summed E-state index contributed by atoms with van der Waals surface area (Å²) in [6, 6.07) is 11.5. The van der Waals surface area contributed by atoms with Crippen molar-refractivity contribution in [2.45, 2.75) is 63.9 Å². The summed E-state index contributed by atoms with van der Waals surface area (Å²) >= 11 is 6.47. The van der Waals surface area contributed by atoms with Crippen LogP contribution in [0, 0.1) is 17.8 Å². The maximum absolute atomic E-state index is 14.6. The predicted octanol–water partition coefficient (Wildman–Crippen LogP) is 6.54. The van der Waals surface area contributed by atoms with Crippen LogP contribution in [0.3, 0.4) is 0 Å². The van der Waals surface area contributed by atoms with Gasteiger partial charge in [0, 0.05) is 48.9 Å². The van der Waals surface area contributed by atoms with Gasteiger partial charge in [0.05, 0.1) is 31.3 Å². The number of halogens is 1. The van der Waals surface area contributed by atoms with Crippen molar-refractivity contribution in [2.75, 3.05) is 44.1 Å². The maximum atomic E-state index is 14.6. The van der Waals surface area contributed by atoms with E-state index in [0.717, 1.165) is 49.4 Å². The fourth-order valence-electron chi connectivity index (χ4n) is 8.46. The Kier molecular flexibility index (Phi) is 10.4. The van der Waals surface area contributed by atoms with Crippen LogP contribution < -0.4 is 19.1 Å². The van der Waals surface area contributed by atoms with Crippen molar-refractivity contribution in [3.05, 3.63) is 82.0 Å². The first-order chi connectivity index (χ1) is 25.0. The third kappa shape index (κ3) is 7.34. The Morgan fingerprint density at radius 3 is 2.83 bits per heavy atom. The zero-order chi connectivity index (χ0) is 36.6. The SMILES string of the molecule is CCO[C@H]1/C=C/C[C@H](C)CS(=O)(NC(=O)c2cn(C)nc2OC)=NC(=O)c2ccc3c(c2)N(C[C@@H]2CC[C@H]21)C[C@@]1(CCCc2cc(Cl)ccc21)CO3. The second-order valence-electron chi connectivity index (χ2n) is 14.8. The number of methoxy groups -OCH3 is 1. The van der Waals surface area contributed by atoms with Gasteiger partial charge in [-0.15, -0.1) is 9.46 Å². The van der Waals surface area contributed by atoms with E-state index in [-0.39, 0.29) is 40.2 Å². The van der Waals surface area contributed by atoms with E-state index in [0.29, 0.717) is 43.8 Å². The van der Waals surface area contributed by atoms with Crippen molar-refractivity contribution < 1.29 is 28.0 Å². The highest BCUT2D eigenvalue weighted by Gasteiger charge is 2.44. The topological polar surface area (TPSA) is 124 Å². The predicted molar refractivity (Wildman–Crippen MR) is 202 cm³/mol. The lowest BCUT2D eigenvalue weighted by Crippen LogP contribution is -2.49. The van der Waals surface area contributed by atoms with E-state index in [1.54, 1.807) is 13.1 Å². The minimum absolute atomic E-state index is 0.0329. The Balaban J connectivity index is 1.31. The number of aryl methyl sites for hydroxylation is 2. The van der Waals surface area contributed by atoms with Crippen molar-refractivity contribution in [3.8, 4) is 11.6 Å². The Morgan fingerprint density at radius 2 is 2.06 bits per heavy atom. The molecule has 4 aliphatic rings. The zero-order valence-electron chi connectivity index (χ0n) is 30.3. The molecule has 1 N–H and O–H groups in total. The number of aromatic nitrogens is 2. The number of hydrogen-bond acceptors (Lipinski definition) is 8. The number of rotatable bonds is 5. The quantitative estimate of drug-likeness (QED) is 0.292. The number of carbonyl (C=O) groups excluding carboxylic acids is 2. The summed E-state index contributed by atoms with van der Waals surface area (Å²) in [6.45, 7) is 6.54. The number of nitrogens with zero attached hydrogens (tertiary/aromatic N) is 4. The molecule has 1 aromatic heterocycles. The van der Waals surface area contributed by atoms with Crippen LogP contribution in [0.25, 0.3) is 0 Å². The molecule has 2 amide bonds. The summed E-state index contributed by atoms with van der Waals surface area (Å²) in [7, 11) is -0.533. The number of hydrogen-bond donors (Lipinski definition) is 1. The summed E-state index contributed by atoms with van der Waals surface area (Å²) in [4.78, 5) is 30.0. The fraction of sp³-hybridized carbons (Fsp3) is 0.513. The van der Waals surface area contributed by atoms with E-state index in [9.17, 15) is 13.8 Å². The van der Waals surface area contributed by atoms with Gasteiger partial charge >= 0.3 is 0 Å². The van der Waals surface area contributed by atoms with Crippen molar-refractivity contribution in [1.29, 1.82) is 0 Å². The Labute approximate surface area is 311 Å². The van der Waals surface area contributed by atoms with E-state index in [1.165, 1.54) is 29.1 Å². The molecule has 13 heteroatoms. The van der Waals surface area contributed by atoms with Gasteiger partial charge in [0.2, 0.25) is 5.88 Å². The third-order valence-corrected chi connectivity index (χ3v) is 13.3. The molecular formula is C39H48ClN5O6S. The number of fused-ring (bicyclic) bond motifs is 4. The summed E-state index contributed by atoms with van der Waals surface area (Å²) in [5.74, 6) is -0.0733. The number of amides is 2. The van der Waals surface area contributed by atoms with Crippen LogP contribution in [0.15, 0.2) is 59.1 Å². The largest absolute Gasteiger partial charge is 0.490 e. The first kappa shape index (κ1) is 36.5. The molecule has 0 radical (unpaired) electrons. The molecule has 1 unspecified atom stereocenters. The lowest BCUT2D eigenvalue weighted by Gasteiger charge is -2.46. The van der Waals surface area contributed by atoms with Crippen LogP contribution in [-0.4, -0.2) is 71.1 Å². The summed E-state index contributed by atoms with van der Waals surface area (Å²) in [6.07, 6.45) is 11.3. The standard InChI is InChI=1S/C39H48ClN5O6S/c1-5-50-34-10-6-8-25(2)22-52(48,43-37(47)31-21-44(3)41-38(31)49-4)42-36(46)27-12-16-35-33(19-27)45(20-28-11-14-30(28)34)23-39(24-51-35)17-7-9-26-18-29(40)13-15-32(26)39/h6,10,12-13,15-16,18-19,21,25,28,30,34H,5,7-9,11,14,17,20,22-24H2,1-4H3,(H,42,43,46,47,48)/b10-6+/t25-,28-,30+,34-,39-,52?/m0/s1. The van der Waals surface area contributed by atoms with Crippen molar-refractivity contribution >= 4 is 39.0 Å². The minimum Gasteiger partial charge on any atom is -0.490 e. The normalized spacial score (nSPS) is 29.4. The average molecular weight is 750 g/mol. The monoisotopic (exact) mass is 749 g/mol. The molecule has 3 aromatic rings. The minimum atomic E-state index is -3.60. The number of allylic oxidation sites excluding steroid dienone is 1. The van der Waals surface area contributed by atoms with Gasteiger partial charge in [-0.05, 0) is 105 Å². The Hall–Kier alpha value is -3.87. The van der Waals surface area contributed by atoms with Crippen molar-refractivity contribution in [1.82, 2.24) is 14.5 Å². The average Bonchev–Trinajstić information content (AvgIpc) is 3.41. The lowest BCUT2D eigenvalue weighted by molar-refractivity contribution is -0.00864. The van der Waals surface area contributed by atoms with Crippen molar-refractivity contribution in [2.24, 2.45) is 29.2 Å². The molecule has 2 aromatic carbocycles. The molecule has 3 heterocycles. The van der Waals surface area contributed by atoms with E-state index in [2.05, 4.69) is 43.4 Å². The van der Waals surface area contributed by atoms with E-state index in [1.807, 2.05) is 32.0 Å². The van der Waals surface area contributed by atoms with Gasteiger partial charge in [0.15, 0.2) is 0 Å². The van der Waals surface area contributed by atoms with Crippen LogP contribution in [-0.2, 0) is 33.5 Å². The smallest absolute Gasteiger partial charge is 0.286 e. The van der Waals surface area contributed by atoms with Gasteiger partial charge in [-0.3, -0.25) is 19.0 Å². The summed E-state index contributed by atoms with van der Waals surface area (Å²) in [5.41, 5.74) is 3.44. The van der Waals surface area contributed by atoms with Gasteiger partial charge in [-0.2, -0.15) is 0 Å². The van der Waals surface area contributed by atoms with Gasteiger partial charge in [-0.25, -0.2) is 4.21 Å². The third-order valence-electron chi connectivity index (χ3n) is 11.1. The van der Waals surface area contributed by atoms with Gasteiger partial charge in [0.25, 0.3) is 11.8 Å². The van der Waals surface area contributed by atoms with Gasteiger partial charge in [0.1, 0.15) is 21.2 Å². The Bertz CT molecular complexity index is 2010. The fourth-order valence-corrected chi connectivity index (χ4v) is 10.5. The summed E-state index contributed by atoms with van der Waals surface area (Å²) in [5, 5.41) is 4.89. The molecule has 52 heavy (non-hydrogen) atoms. The van der Waals surface area contributed by atoms with Crippen LogP contribution >= 0.6 is 11.6 Å². The first-order valence-electron chi connectivity index (χ1n) is 18.3. The highest BCUT2D eigenvalue weighted by atomic mass is 35.5. The number of carbonyl (C=O) groups is 2. The van der Waals surface area contributed by atoms with Gasteiger partial charge < -0.3 is 19.1 Å². The first-order valence-corrected chi connectivity index (χ1v) is 20.3.